The van der Waals surface area contributed by atoms with Crippen molar-refractivity contribution in [1.82, 2.24) is 9.38 Å². The monoisotopic (exact) mass is 299 g/mol. The normalized spacial score (nSPS) is 10.8. The molecule has 2 heterocycles. The number of nitrogens with zero attached hydrogens (tertiary/aromatic N) is 2. The minimum absolute atomic E-state index is 0.177. The zero-order chi connectivity index (χ0) is 15.0. The van der Waals surface area contributed by atoms with Crippen molar-refractivity contribution in [3.63, 3.8) is 0 Å². The smallest absolute Gasteiger partial charge is 0.255 e. The fraction of sp³-hybridized carbons (Fsp3) is 0.125. The number of carbonyl (C=O) groups is 1. The molecule has 3 aromatic rings. The van der Waals surface area contributed by atoms with Gasteiger partial charge in [0.05, 0.1) is 5.69 Å². The van der Waals surface area contributed by atoms with Crippen LogP contribution in [0, 0.1) is 13.8 Å². The Labute approximate surface area is 127 Å². The van der Waals surface area contributed by atoms with E-state index in [-0.39, 0.29) is 5.91 Å². The van der Waals surface area contributed by atoms with E-state index < -0.39 is 0 Å². The molecule has 0 radical (unpaired) electrons. The van der Waals surface area contributed by atoms with E-state index in [0.29, 0.717) is 16.3 Å². The highest BCUT2D eigenvalue weighted by Crippen LogP contribution is 2.21. The maximum Gasteiger partial charge on any atom is 0.255 e. The van der Waals surface area contributed by atoms with Gasteiger partial charge in [0.1, 0.15) is 5.65 Å². The number of benzene rings is 1. The lowest BCUT2D eigenvalue weighted by molar-refractivity contribution is 0.102. The van der Waals surface area contributed by atoms with Gasteiger partial charge in [0.25, 0.3) is 5.91 Å². The summed E-state index contributed by atoms with van der Waals surface area (Å²) in [6.07, 6.45) is 3.74. The Balaban J connectivity index is 1.91. The summed E-state index contributed by atoms with van der Waals surface area (Å²) in [5.41, 5.74) is 3.91. The highest BCUT2D eigenvalue weighted by atomic mass is 35.5. The Morgan fingerprint density at radius 2 is 2.05 bits per heavy atom. The van der Waals surface area contributed by atoms with Crippen molar-refractivity contribution >= 4 is 28.8 Å². The molecular weight excluding hydrogens is 286 g/mol. The number of fused-ring (bicyclic) bond motifs is 1. The number of aryl methyl sites for hydroxylation is 2. The van der Waals surface area contributed by atoms with E-state index in [1.165, 1.54) is 0 Å². The molecule has 0 atom stereocenters. The third kappa shape index (κ3) is 2.76. The van der Waals surface area contributed by atoms with Crippen LogP contribution < -0.4 is 5.32 Å². The number of amides is 1. The van der Waals surface area contributed by atoms with Gasteiger partial charge in [0, 0.05) is 28.7 Å². The number of halogens is 1. The number of nitrogens with one attached hydrogen (secondary N) is 1. The molecule has 0 bridgehead atoms. The Hall–Kier alpha value is -2.33. The summed E-state index contributed by atoms with van der Waals surface area (Å²) in [5, 5.41) is 3.47. The lowest BCUT2D eigenvalue weighted by Gasteiger charge is -2.09. The van der Waals surface area contributed by atoms with Crippen LogP contribution in [0.2, 0.25) is 5.02 Å². The molecule has 3 rings (SSSR count). The van der Waals surface area contributed by atoms with E-state index >= 15 is 0 Å². The van der Waals surface area contributed by atoms with E-state index in [4.69, 9.17) is 11.6 Å². The molecule has 2 aromatic heterocycles. The van der Waals surface area contributed by atoms with Gasteiger partial charge in [-0.25, -0.2) is 4.98 Å². The van der Waals surface area contributed by atoms with Gasteiger partial charge in [0.15, 0.2) is 0 Å². The van der Waals surface area contributed by atoms with E-state index in [1.54, 1.807) is 24.3 Å². The molecule has 106 valence electrons. The summed E-state index contributed by atoms with van der Waals surface area (Å²) in [6.45, 7) is 3.84. The first kappa shape index (κ1) is 13.6. The summed E-state index contributed by atoms with van der Waals surface area (Å²) in [5.74, 6) is -0.177. The zero-order valence-corrected chi connectivity index (χ0v) is 12.5. The lowest BCUT2D eigenvalue weighted by atomic mass is 10.2. The first-order valence-corrected chi connectivity index (χ1v) is 6.93. The molecule has 5 heteroatoms. The first-order valence-electron chi connectivity index (χ1n) is 6.56. The number of hydrogen-bond donors (Lipinski definition) is 1. The van der Waals surface area contributed by atoms with Gasteiger partial charge in [0.2, 0.25) is 0 Å². The number of pyridine rings is 1. The molecule has 0 unspecified atom stereocenters. The Bertz CT molecular complexity index is 839. The quantitative estimate of drug-likeness (QED) is 0.781. The zero-order valence-electron chi connectivity index (χ0n) is 11.7. The van der Waals surface area contributed by atoms with Crippen molar-refractivity contribution < 1.29 is 4.79 Å². The second-order valence-corrected chi connectivity index (χ2v) is 5.41. The fourth-order valence-corrected chi connectivity index (χ4v) is 2.35. The number of anilines is 1. The molecule has 0 aliphatic carbocycles. The number of imidazole rings is 1. The van der Waals surface area contributed by atoms with Crippen LogP contribution in [-0.2, 0) is 0 Å². The molecular formula is C16H14ClN3O. The summed E-state index contributed by atoms with van der Waals surface area (Å²) in [7, 11) is 0. The van der Waals surface area contributed by atoms with Crippen LogP contribution in [-0.4, -0.2) is 15.3 Å². The highest BCUT2D eigenvalue weighted by molar-refractivity contribution is 6.31. The Kier molecular flexibility index (Phi) is 3.39. The molecule has 0 fully saturated rings. The van der Waals surface area contributed by atoms with Gasteiger partial charge in [-0.2, -0.15) is 0 Å². The van der Waals surface area contributed by atoms with Crippen LogP contribution in [0.5, 0.6) is 0 Å². The number of carbonyl (C=O) groups excluding carboxylic acids is 1. The number of hydrogen-bond acceptors (Lipinski definition) is 2. The van der Waals surface area contributed by atoms with Gasteiger partial charge in [-0.1, -0.05) is 17.7 Å². The SMILES string of the molecule is Cc1cn2ccc(C(=O)Nc3cc(Cl)ccc3C)cc2n1. The van der Waals surface area contributed by atoms with Gasteiger partial charge in [-0.15, -0.1) is 0 Å². The van der Waals surface area contributed by atoms with Gasteiger partial charge >= 0.3 is 0 Å². The van der Waals surface area contributed by atoms with Crippen LogP contribution in [0.1, 0.15) is 21.6 Å². The maximum absolute atomic E-state index is 12.3. The van der Waals surface area contributed by atoms with E-state index in [0.717, 1.165) is 16.9 Å². The van der Waals surface area contributed by atoms with Crippen molar-refractivity contribution in [1.29, 1.82) is 0 Å². The largest absolute Gasteiger partial charge is 0.322 e. The van der Waals surface area contributed by atoms with Crippen molar-refractivity contribution in [2.24, 2.45) is 0 Å². The van der Waals surface area contributed by atoms with Crippen LogP contribution in [0.25, 0.3) is 5.65 Å². The third-order valence-corrected chi connectivity index (χ3v) is 3.53. The second-order valence-electron chi connectivity index (χ2n) is 4.98. The molecule has 21 heavy (non-hydrogen) atoms. The minimum atomic E-state index is -0.177. The molecule has 0 spiro atoms. The minimum Gasteiger partial charge on any atom is -0.322 e. The molecule has 4 nitrogen and oxygen atoms in total. The summed E-state index contributed by atoms with van der Waals surface area (Å²) in [6, 6.07) is 8.95. The molecule has 0 saturated heterocycles. The molecule has 0 saturated carbocycles. The van der Waals surface area contributed by atoms with Crippen LogP contribution in [0.4, 0.5) is 5.69 Å². The second kappa shape index (κ2) is 5.22. The first-order chi connectivity index (χ1) is 10.0. The fourth-order valence-electron chi connectivity index (χ4n) is 2.17. The summed E-state index contributed by atoms with van der Waals surface area (Å²) in [4.78, 5) is 16.7. The van der Waals surface area contributed by atoms with Crippen molar-refractivity contribution in [2.45, 2.75) is 13.8 Å². The average molecular weight is 300 g/mol. The topological polar surface area (TPSA) is 46.4 Å². The van der Waals surface area contributed by atoms with Crippen molar-refractivity contribution in [3.05, 3.63) is 64.6 Å². The Morgan fingerprint density at radius 1 is 1.24 bits per heavy atom. The van der Waals surface area contributed by atoms with Gasteiger partial charge in [-0.3, -0.25) is 4.79 Å². The van der Waals surface area contributed by atoms with Crippen LogP contribution >= 0.6 is 11.6 Å². The molecule has 1 amide bonds. The Morgan fingerprint density at radius 3 is 2.86 bits per heavy atom. The molecule has 0 aliphatic heterocycles. The van der Waals surface area contributed by atoms with Crippen molar-refractivity contribution in [3.8, 4) is 0 Å². The van der Waals surface area contributed by atoms with Crippen LogP contribution in [0.15, 0.2) is 42.7 Å². The maximum atomic E-state index is 12.3. The summed E-state index contributed by atoms with van der Waals surface area (Å²) >= 11 is 5.96. The summed E-state index contributed by atoms with van der Waals surface area (Å²) < 4.78 is 1.89. The molecule has 1 aromatic carbocycles. The van der Waals surface area contributed by atoms with E-state index in [9.17, 15) is 4.79 Å². The van der Waals surface area contributed by atoms with Crippen molar-refractivity contribution in [2.75, 3.05) is 5.32 Å². The van der Waals surface area contributed by atoms with E-state index in [1.807, 2.05) is 36.7 Å². The number of rotatable bonds is 2. The average Bonchev–Trinajstić information content (AvgIpc) is 2.81. The predicted molar refractivity (Wildman–Crippen MR) is 84.1 cm³/mol. The van der Waals surface area contributed by atoms with Crippen LogP contribution in [0.3, 0.4) is 0 Å². The van der Waals surface area contributed by atoms with Gasteiger partial charge < -0.3 is 9.72 Å². The molecule has 0 aliphatic rings. The highest BCUT2D eigenvalue weighted by Gasteiger charge is 2.10. The predicted octanol–water partition coefficient (Wildman–Crippen LogP) is 3.86. The number of aromatic nitrogens is 2. The standard InChI is InChI=1S/C16H14ClN3O/c1-10-3-4-13(17)8-14(10)19-16(21)12-5-6-20-9-11(2)18-15(20)7-12/h3-9H,1-2H3,(H,19,21). The van der Waals surface area contributed by atoms with E-state index in [2.05, 4.69) is 10.3 Å². The third-order valence-electron chi connectivity index (χ3n) is 3.29. The molecule has 1 N–H and O–H groups in total. The van der Waals surface area contributed by atoms with Gasteiger partial charge in [-0.05, 0) is 43.7 Å². The lowest BCUT2D eigenvalue weighted by Crippen LogP contribution is -2.13.